The van der Waals surface area contributed by atoms with E-state index in [1.54, 1.807) is 12.1 Å². The molecule has 1 saturated heterocycles. The minimum absolute atomic E-state index is 0.171. The normalized spacial score (nSPS) is 25.0. The van der Waals surface area contributed by atoms with Gasteiger partial charge in [-0.25, -0.2) is 0 Å². The maximum atomic E-state index is 13.1. The number of hydrogen-bond acceptors (Lipinski definition) is 4. The number of nitrogens with zero attached hydrogens (tertiary/aromatic N) is 3. The molecule has 1 fully saturated rings. The van der Waals surface area contributed by atoms with E-state index in [0.717, 1.165) is 17.8 Å². The summed E-state index contributed by atoms with van der Waals surface area (Å²) in [5.74, 6) is 0.945. The second-order valence-electron chi connectivity index (χ2n) is 8.20. The molecular weight excluding hydrogens is 386 g/mol. The Labute approximate surface area is 173 Å². The summed E-state index contributed by atoms with van der Waals surface area (Å²) in [4.78, 5) is 19.2. The SMILES string of the molecule is CN1CCCC2c3cccc4[nH]c5c(c34)C(C=C5C(=O)Nc3ccc(Cl)nn3)[C@H]21. The van der Waals surface area contributed by atoms with Crippen molar-refractivity contribution in [2.24, 2.45) is 0 Å². The Balaban J connectivity index is 1.47. The maximum absolute atomic E-state index is 13.1. The molecule has 6 nitrogen and oxygen atoms in total. The van der Waals surface area contributed by atoms with E-state index in [4.69, 9.17) is 11.6 Å². The highest BCUT2D eigenvalue weighted by Gasteiger charge is 2.46. The van der Waals surface area contributed by atoms with Gasteiger partial charge in [0.25, 0.3) is 5.91 Å². The highest BCUT2D eigenvalue weighted by atomic mass is 35.5. The third kappa shape index (κ3) is 2.42. The molecule has 1 aliphatic heterocycles. The number of benzene rings is 1. The van der Waals surface area contributed by atoms with Crippen molar-refractivity contribution in [2.75, 3.05) is 18.9 Å². The molecule has 3 aromatic rings. The second-order valence-corrected chi connectivity index (χ2v) is 8.59. The summed E-state index contributed by atoms with van der Waals surface area (Å²) in [6.07, 6.45) is 4.55. The van der Waals surface area contributed by atoms with E-state index in [1.165, 1.54) is 29.4 Å². The lowest BCUT2D eigenvalue weighted by Gasteiger charge is -2.45. The van der Waals surface area contributed by atoms with Gasteiger partial charge in [-0.15, -0.1) is 10.2 Å². The quantitative estimate of drug-likeness (QED) is 0.677. The first-order chi connectivity index (χ1) is 14.1. The van der Waals surface area contributed by atoms with Crippen LogP contribution in [-0.2, 0) is 4.79 Å². The van der Waals surface area contributed by atoms with Gasteiger partial charge in [0.05, 0.1) is 11.3 Å². The lowest BCUT2D eigenvalue weighted by atomic mass is 9.70. The molecule has 2 aromatic heterocycles. The molecule has 0 radical (unpaired) electrons. The minimum atomic E-state index is -0.171. The number of carbonyl (C=O) groups is 1. The van der Waals surface area contributed by atoms with Gasteiger partial charge in [0.2, 0.25) is 0 Å². The maximum Gasteiger partial charge on any atom is 0.258 e. The number of likely N-dealkylation sites (tertiary alicyclic amines) is 1. The Bertz CT molecular complexity index is 1180. The summed E-state index contributed by atoms with van der Waals surface area (Å²) < 4.78 is 0. The van der Waals surface area contributed by atoms with Crippen LogP contribution in [0.15, 0.2) is 36.4 Å². The number of hydrogen-bond donors (Lipinski definition) is 2. The average molecular weight is 406 g/mol. The van der Waals surface area contributed by atoms with Crippen molar-refractivity contribution in [3.05, 3.63) is 58.4 Å². The zero-order valence-electron chi connectivity index (χ0n) is 15.9. The number of H-pyrrole nitrogens is 1. The van der Waals surface area contributed by atoms with Gasteiger partial charge < -0.3 is 15.2 Å². The van der Waals surface area contributed by atoms with Gasteiger partial charge in [-0.2, -0.15) is 0 Å². The number of amides is 1. The van der Waals surface area contributed by atoms with Crippen molar-refractivity contribution in [3.63, 3.8) is 0 Å². The summed E-state index contributed by atoms with van der Waals surface area (Å²) in [5.41, 5.74) is 5.44. The van der Waals surface area contributed by atoms with E-state index >= 15 is 0 Å². The molecule has 2 unspecified atom stereocenters. The zero-order valence-corrected chi connectivity index (χ0v) is 16.7. The third-order valence-corrected chi connectivity index (χ3v) is 6.88. The number of fused-ring (bicyclic) bond motifs is 3. The van der Waals surface area contributed by atoms with Gasteiger partial charge in [-0.1, -0.05) is 29.8 Å². The molecule has 3 atom stereocenters. The summed E-state index contributed by atoms with van der Waals surface area (Å²) >= 11 is 5.80. The molecule has 146 valence electrons. The predicted molar refractivity (Wildman–Crippen MR) is 113 cm³/mol. The van der Waals surface area contributed by atoms with E-state index < -0.39 is 0 Å². The number of piperidine rings is 1. The molecule has 6 rings (SSSR count). The van der Waals surface area contributed by atoms with Crippen LogP contribution in [0.4, 0.5) is 5.82 Å². The first-order valence-corrected chi connectivity index (χ1v) is 10.4. The number of halogens is 1. The molecule has 2 N–H and O–H groups in total. The number of aromatic amines is 1. The van der Waals surface area contributed by atoms with E-state index in [1.807, 2.05) is 0 Å². The van der Waals surface area contributed by atoms with Gasteiger partial charge in [0, 0.05) is 28.8 Å². The van der Waals surface area contributed by atoms with Crippen LogP contribution in [0.3, 0.4) is 0 Å². The first-order valence-electron chi connectivity index (χ1n) is 9.99. The van der Waals surface area contributed by atoms with Crippen LogP contribution in [0.25, 0.3) is 16.5 Å². The highest BCUT2D eigenvalue weighted by Crippen LogP contribution is 2.54. The zero-order chi connectivity index (χ0) is 19.7. The number of rotatable bonds is 2. The molecule has 7 heteroatoms. The fourth-order valence-electron chi connectivity index (χ4n) is 5.58. The number of carbonyl (C=O) groups excluding carboxylic acids is 1. The second kappa shape index (κ2) is 6.15. The van der Waals surface area contributed by atoms with E-state index in [0.29, 0.717) is 28.5 Å². The summed E-state index contributed by atoms with van der Waals surface area (Å²) in [5, 5.41) is 12.2. The summed E-state index contributed by atoms with van der Waals surface area (Å²) in [6, 6.07) is 10.2. The molecule has 0 bridgehead atoms. The lowest BCUT2D eigenvalue weighted by Crippen LogP contribution is -2.46. The van der Waals surface area contributed by atoms with E-state index in [2.05, 4.69) is 56.7 Å². The topological polar surface area (TPSA) is 73.9 Å². The van der Waals surface area contributed by atoms with Crippen molar-refractivity contribution >= 4 is 39.8 Å². The molecule has 3 aliphatic rings. The van der Waals surface area contributed by atoms with E-state index in [-0.39, 0.29) is 11.8 Å². The Morgan fingerprint density at radius 2 is 2.17 bits per heavy atom. The predicted octanol–water partition coefficient (Wildman–Crippen LogP) is 3.92. The summed E-state index contributed by atoms with van der Waals surface area (Å²) in [7, 11) is 2.21. The molecule has 29 heavy (non-hydrogen) atoms. The van der Waals surface area contributed by atoms with Crippen LogP contribution < -0.4 is 5.32 Å². The Hall–Kier alpha value is -2.70. The van der Waals surface area contributed by atoms with Crippen molar-refractivity contribution < 1.29 is 4.79 Å². The van der Waals surface area contributed by atoms with E-state index in [9.17, 15) is 4.79 Å². The molecule has 0 spiro atoms. The third-order valence-electron chi connectivity index (χ3n) is 6.68. The fourth-order valence-corrected chi connectivity index (χ4v) is 5.68. The van der Waals surface area contributed by atoms with Gasteiger partial charge in [-0.3, -0.25) is 4.79 Å². The number of likely N-dealkylation sites (N-methyl/N-ethyl adjacent to an activating group) is 1. The van der Waals surface area contributed by atoms with Crippen LogP contribution in [0.1, 0.15) is 41.5 Å². The molecule has 0 saturated carbocycles. The fraction of sp³-hybridized carbons (Fsp3) is 0.318. The van der Waals surface area contributed by atoms with Crippen molar-refractivity contribution in [1.82, 2.24) is 20.1 Å². The number of aromatic nitrogens is 3. The number of nitrogens with one attached hydrogen (secondary N) is 2. The molecule has 1 amide bonds. The Morgan fingerprint density at radius 1 is 1.28 bits per heavy atom. The van der Waals surface area contributed by atoms with Crippen LogP contribution in [-0.4, -0.2) is 45.6 Å². The standard InChI is InChI=1S/C22H20ClN5O/c1-28-9-3-5-12-11-4-2-6-15-18(11)19-13(21(12)28)10-14(20(19)24-15)22(29)25-17-8-7-16(23)26-27-17/h2,4,6-8,10,12-13,21,24H,3,5,9H2,1H3,(H,25,27,29)/t12?,13?,21-/m0/s1. The molecule has 1 aromatic carbocycles. The van der Waals surface area contributed by atoms with Crippen LogP contribution >= 0.6 is 11.6 Å². The first kappa shape index (κ1) is 17.2. The summed E-state index contributed by atoms with van der Waals surface area (Å²) in [6.45, 7) is 1.10. The van der Waals surface area contributed by atoms with Gasteiger partial charge in [0.15, 0.2) is 11.0 Å². The van der Waals surface area contributed by atoms with Gasteiger partial charge in [0.1, 0.15) is 0 Å². The smallest absolute Gasteiger partial charge is 0.258 e. The highest BCUT2D eigenvalue weighted by molar-refractivity contribution is 6.29. The van der Waals surface area contributed by atoms with Crippen LogP contribution in [0, 0.1) is 0 Å². The number of anilines is 1. The van der Waals surface area contributed by atoms with Crippen molar-refractivity contribution in [1.29, 1.82) is 0 Å². The Morgan fingerprint density at radius 3 is 3.00 bits per heavy atom. The lowest BCUT2D eigenvalue weighted by molar-refractivity contribution is -0.111. The van der Waals surface area contributed by atoms with Gasteiger partial charge in [-0.05, 0) is 55.8 Å². The Kier molecular flexibility index (Phi) is 3.64. The average Bonchev–Trinajstić information content (AvgIpc) is 3.27. The van der Waals surface area contributed by atoms with Gasteiger partial charge >= 0.3 is 0 Å². The minimum Gasteiger partial charge on any atom is -0.354 e. The van der Waals surface area contributed by atoms with Crippen molar-refractivity contribution in [2.45, 2.75) is 30.7 Å². The van der Waals surface area contributed by atoms with Crippen LogP contribution in [0.2, 0.25) is 5.15 Å². The molecule has 3 heterocycles. The van der Waals surface area contributed by atoms with Crippen LogP contribution in [0.5, 0.6) is 0 Å². The monoisotopic (exact) mass is 405 g/mol. The largest absolute Gasteiger partial charge is 0.354 e. The molecular formula is C22H20ClN5O. The van der Waals surface area contributed by atoms with Crippen molar-refractivity contribution in [3.8, 4) is 0 Å². The molecule has 2 aliphatic carbocycles.